The normalized spacial score (nSPS) is 11.8. The number of carbonyl (C=O) groups excluding carboxylic acids is 2. The van der Waals surface area contributed by atoms with Gasteiger partial charge in [0.2, 0.25) is 15.9 Å². The van der Waals surface area contributed by atoms with Gasteiger partial charge in [0.1, 0.15) is 0 Å². The van der Waals surface area contributed by atoms with Crippen molar-refractivity contribution in [3.63, 3.8) is 0 Å². The number of carbonyl (C=O) groups is 2. The fourth-order valence-corrected chi connectivity index (χ4v) is 5.28. The molecule has 0 atom stereocenters. The third-order valence-electron chi connectivity index (χ3n) is 4.58. The molecule has 0 unspecified atom stereocenters. The molecule has 9 nitrogen and oxygen atoms in total. The Labute approximate surface area is 181 Å². The molecule has 30 heavy (non-hydrogen) atoms. The molecule has 0 bridgehead atoms. The molecule has 2 N–H and O–H groups in total. The molecule has 0 radical (unpaired) electrons. The number of amides is 3. The highest BCUT2D eigenvalue weighted by Crippen LogP contribution is 2.27. The van der Waals surface area contributed by atoms with Crippen molar-refractivity contribution in [2.24, 2.45) is 0 Å². The number of nitrogens with one attached hydrogen (secondary N) is 2. The summed E-state index contributed by atoms with van der Waals surface area (Å²) in [6.07, 6.45) is 1.90. The Hall–Kier alpha value is -2.11. The van der Waals surface area contributed by atoms with E-state index in [2.05, 4.69) is 22.5 Å². The average Bonchev–Trinajstić information content (AvgIpc) is 3.07. The minimum Gasteiger partial charge on any atom is -0.341 e. The van der Waals surface area contributed by atoms with Crippen LogP contribution in [0.3, 0.4) is 0 Å². The Bertz CT molecular complexity index is 1000. The molecule has 1 aromatic heterocycles. The predicted molar refractivity (Wildman–Crippen MR) is 118 cm³/mol. The summed E-state index contributed by atoms with van der Waals surface area (Å²) in [6.45, 7) is 7.17. The van der Waals surface area contributed by atoms with Crippen molar-refractivity contribution in [1.82, 2.24) is 24.5 Å². The first-order valence-corrected chi connectivity index (χ1v) is 12.4. The molecule has 1 aromatic carbocycles. The van der Waals surface area contributed by atoms with E-state index in [4.69, 9.17) is 0 Å². The molecule has 0 aliphatic rings. The number of aromatic nitrogens is 2. The van der Waals surface area contributed by atoms with Crippen LogP contribution in [-0.4, -0.2) is 60.1 Å². The van der Waals surface area contributed by atoms with Gasteiger partial charge in [0, 0.05) is 26.7 Å². The van der Waals surface area contributed by atoms with Crippen molar-refractivity contribution in [1.29, 1.82) is 0 Å². The Morgan fingerprint density at radius 1 is 1.20 bits per heavy atom. The van der Waals surface area contributed by atoms with E-state index in [1.165, 1.54) is 23.1 Å². The monoisotopic (exact) mass is 455 g/mol. The van der Waals surface area contributed by atoms with Crippen molar-refractivity contribution in [2.45, 2.75) is 50.2 Å². The predicted octanol–water partition coefficient (Wildman–Crippen LogP) is 2.41. The zero-order valence-electron chi connectivity index (χ0n) is 17.8. The van der Waals surface area contributed by atoms with Gasteiger partial charge >= 0.3 is 6.03 Å². The maximum Gasteiger partial charge on any atom is 0.321 e. The summed E-state index contributed by atoms with van der Waals surface area (Å²) in [7, 11) is -2.15. The van der Waals surface area contributed by atoms with Crippen LogP contribution in [-0.2, 0) is 21.4 Å². The Morgan fingerprint density at radius 2 is 1.90 bits per heavy atom. The molecule has 2 rings (SSSR count). The number of unbranched alkanes of at least 4 members (excludes halogenated alkanes) is 1. The quantitative estimate of drug-likeness (QED) is 0.532. The zero-order chi connectivity index (χ0) is 22.3. The van der Waals surface area contributed by atoms with Crippen molar-refractivity contribution in [2.75, 3.05) is 25.9 Å². The zero-order valence-corrected chi connectivity index (χ0v) is 19.4. The molecule has 2 aromatic rings. The number of imidazole rings is 1. The standard InChI is InChI=1S/C19H29N5O4S2/c1-5-8-11-24-16-10-9-14(30(27,28)23(6-2)7-3)12-15(16)21-19(24)29-13-17(25)22-18(26)20-4/h9-10,12H,5-8,11,13H2,1-4H3,(H2,20,22,25,26). The maximum absolute atomic E-state index is 12.8. The first kappa shape index (κ1) is 24.2. The Morgan fingerprint density at radius 3 is 2.50 bits per heavy atom. The first-order chi connectivity index (χ1) is 14.3. The van der Waals surface area contributed by atoms with Gasteiger partial charge in [0.05, 0.1) is 21.7 Å². The van der Waals surface area contributed by atoms with E-state index in [0.29, 0.717) is 30.3 Å². The van der Waals surface area contributed by atoms with Crippen LogP contribution in [0, 0.1) is 0 Å². The number of aryl methyl sites for hydroxylation is 1. The second kappa shape index (κ2) is 10.8. The van der Waals surface area contributed by atoms with Crippen LogP contribution in [0.15, 0.2) is 28.3 Å². The number of rotatable bonds is 10. The summed E-state index contributed by atoms with van der Waals surface area (Å²) in [5.41, 5.74) is 1.38. The molecule has 0 aliphatic carbocycles. The van der Waals surface area contributed by atoms with Gasteiger partial charge in [-0.05, 0) is 24.6 Å². The number of fused-ring (bicyclic) bond motifs is 1. The van der Waals surface area contributed by atoms with E-state index < -0.39 is 22.0 Å². The maximum atomic E-state index is 12.8. The summed E-state index contributed by atoms with van der Waals surface area (Å²) in [4.78, 5) is 28.0. The highest BCUT2D eigenvalue weighted by molar-refractivity contribution is 7.99. The number of thioether (sulfide) groups is 1. The van der Waals surface area contributed by atoms with E-state index in [-0.39, 0.29) is 10.6 Å². The van der Waals surface area contributed by atoms with E-state index >= 15 is 0 Å². The molecule has 0 saturated carbocycles. The number of hydrogen-bond acceptors (Lipinski definition) is 6. The van der Waals surface area contributed by atoms with Crippen molar-refractivity contribution in [3.05, 3.63) is 18.2 Å². The van der Waals surface area contributed by atoms with Gasteiger partial charge in [-0.2, -0.15) is 4.31 Å². The lowest BCUT2D eigenvalue weighted by Crippen LogP contribution is -2.38. The van der Waals surface area contributed by atoms with E-state index in [9.17, 15) is 18.0 Å². The second-order valence-electron chi connectivity index (χ2n) is 6.56. The molecular weight excluding hydrogens is 426 g/mol. The van der Waals surface area contributed by atoms with Gasteiger partial charge < -0.3 is 9.88 Å². The lowest BCUT2D eigenvalue weighted by atomic mass is 10.3. The summed E-state index contributed by atoms with van der Waals surface area (Å²) in [5.74, 6) is -0.411. The number of nitrogens with zero attached hydrogens (tertiary/aromatic N) is 3. The largest absolute Gasteiger partial charge is 0.341 e. The Balaban J connectivity index is 2.37. The van der Waals surface area contributed by atoms with Crippen LogP contribution < -0.4 is 10.6 Å². The smallest absolute Gasteiger partial charge is 0.321 e. The number of imide groups is 1. The highest BCUT2D eigenvalue weighted by Gasteiger charge is 2.23. The molecule has 0 saturated heterocycles. The summed E-state index contributed by atoms with van der Waals surface area (Å²) in [5, 5.41) is 5.16. The lowest BCUT2D eigenvalue weighted by Gasteiger charge is -2.18. The fraction of sp³-hybridized carbons (Fsp3) is 0.526. The summed E-state index contributed by atoms with van der Waals surface area (Å²) in [6, 6.07) is 4.39. The number of sulfonamides is 1. The molecule has 1 heterocycles. The molecule has 11 heteroatoms. The van der Waals surface area contributed by atoms with Gasteiger partial charge in [-0.25, -0.2) is 18.2 Å². The minimum absolute atomic E-state index is 0.0213. The minimum atomic E-state index is -3.59. The molecule has 166 valence electrons. The van der Waals surface area contributed by atoms with Gasteiger partial charge in [-0.1, -0.05) is 39.0 Å². The third-order valence-corrected chi connectivity index (χ3v) is 7.60. The number of benzene rings is 1. The number of urea groups is 1. The molecule has 0 spiro atoms. The van der Waals surface area contributed by atoms with Crippen molar-refractivity contribution >= 4 is 44.8 Å². The summed E-state index contributed by atoms with van der Waals surface area (Å²) >= 11 is 1.21. The third kappa shape index (κ3) is 5.52. The topological polar surface area (TPSA) is 113 Å². The summed E-state index contributed by atoms with van der Waals surface area (Å²) < 4.78 is 29.1. The van der Waals surface area contributed by atoms with E-state index in [1.807, 2.05) is 4.57 Å². The van der Waals surface area contributed by atoms with Crippen LogP contribution in [0.25, 0.3) is 11.0 Å². The SMILES string of the molecule is CCCCn1c(SCC(=O)NC(=O)NC)nc2cc(S(=O)(=O)N(CC)CC)ccc21. The van der Waals surface area contributed by atoms with Crippen LogP contribution >= 0.6 is 11.8 Å². The van der Waals surface area contributed by atoms with Crippen molar-refractivity contribution < 1.29 is 18.0 Å². The van der Waals surface area contributed by atoms with Gasteiger partial charge in [-0.15, -0.1) is 0 Å². The second-order valence-corrected chi connectivity index (χ2v) is 9.44. The van der Waals surface area contributed by atoms with Gasteiger partial charge in [-0.3, -0.25) is 10.1 Å². The molecule has 3 amide bonds. The molecule has 0 fully saturated rings. The van der Waals surface area contributed by atoms with E-state index in [0.717, 1.165) is 18.4 Å². The van der Waals surface area contributed by atoms with Crippen molar-refractivity contribution in [3.8, 4) is 0 Å². The first-order valence-electron chi connectivity index (χ1n) is 9.93. The van der Waals surface area contributed by atoms with E-state index in [1.54, 1.807) is 32.0 Å². The molecular formula is C19H29N5O4S2. The highest BCUT2D eigenvalue weighted by atomic mass is 32.2. The van der Waals surface area contributed by atoms with Crippen LogP contribution in [0.5, 0.6) is 0 Å². The lowest BCUT2D eigenvalue weighted by molar-refractivity contribution is -0.117. The molecule has 0 aliphatic heterocycles. The number of hydrogen-bond donors (Lipinski definition) is 2. The Kier molecular flexibility index (Phi) is 8.68. The fourth-order valence-electron chi connectivity index (χ4n) is 2.96. The van der Waals surface area contributed by atoms with Crippen LogP contribution in [0.4, 0.5) is 4.79 Å². The average molecular weight is 456 g/mol. The van der Waals surface area contributed by atoms with Gasteiger partial charge in [0.15, 0.2) is 5.16 Å². The van der Waals surface area contributed by atoms with Crippen LogP contribution in [0.2, 0.25) is 0 Å². The van der Waals surface area contributed by atoms with Crippen LogP contribution in [0.1, 0.15) is 33.6 Å². The van der Waals surface area contributed by atoms with Gasteiger partial charge in [0.25, 0.3) is 0 Å².